The predicted molar refractivity (Wildman–Crippen MR) is 364 cm³/mol. The summed E-state index contributed by atoms with van der Waals surface area (Å²) >= 11 is 1.77. The second kappa shape index (κ2) is 20.9. The molecule has 16 rings (SSSR count). The normalized spacial score (nSPS) is 12.0. The molecular formula is C78H54N4SSi2. The summed E-state index contributed by atoms with van der Waals surface area (Å²) in [6, 6.07) is 115. The molecule has 7 heteroatoms. The van der Waals surface area contributed by atoms with Gasteiger partial charge in [-0.25, -0.2) is 9.97 Å². The molecule has 0 saturated heterocycles. The average molecular weight is 1140 g/mol. The van der Waals surface area contributed by atoms with Gasteiger partial charge >= 0.3 is 0 Å². The predicted octanol–water partition coefficient (Wildman–Crippen LogP) is 14.0. The van der Waals surface area contributed by atoms with Crippen molar-refractivity contribution in [1.82, 2.24) is 19.1 Å². The number of hydrogen-bond acceptors (Lipinski definition) is 3. The number of benzene rings is 11. The van der Waals surface area contributed by atoms with Gasteiger partial charge in [-0.15, -0.1) is 11.3 Å². The molecular weight excluding hydrogens is 1080 g/mol. The van der Waals surface area contributed by atoms with Crippen LogP contribution in [0.15, 0.2) is 327 Å². The fourth-order valence-corrected chi connectivity index (χ4v) is 24.2. The van der Waals surface area contributed by atoms with Crippen molar-refractivity contribution in [2.75, 3.05) is 0 Å². The van der Waals surface area contributed by atoms with Gasteiger partial charge in [-0.2, -0.15) is 0 Å². The lowest BCUT2D eigenvalue weighted by Gasteiger charge is -2.34. The molecule has 0 radical (unpaired) electrons. The summed E-state index contributed by atoms with van der Waals surface area (Å²) in [5.74, 6) is 0. The maximum Gasteiger partial charge on any atom is 0.179 e. The maximum atomic E-state index is 5.11. The Morgan fingerprint density at radius 3 is 1.02 bits per heavy atom. The minimum Gasteiger partial charge on any atom is -0.294 e. The number of fused-ring (bicyclic) bond motifs is 7. The number of aromatic nitrogens is 4. The summed E-state index contributed by atoms with van der Waals surface area (Å²) in [5.41, 5.74) is 11.0. The van der Waals surface area contributed by atoms with Crippen molar-refractivity contribution in [1.29, 1.82) is 0 Å². The van der Waals surface area contributed by atoms with Gasteiger partial charge in [-0.1, -0.05) is 243 Å². The highest BCUT2D eigenvalue weighted by Crippen LogP contribution is 2.41. The Morgan fingerprint density at radius 1 is 0.271 bits per heavy atom. The average Bonchev–Trinajstić information content (AvgIpc) is 2.99. The first-order valence-corrected chi connectivity index (χ1v) is 33.9. The van der Waals surface area contributed by atoms with E-state index in [2.05, 4.69) is 324 Å². The molecule has 0 unspecified atom stereocenters. The summed E-state index contributed by atoms with van der Waals surface area (Å²) < 4.78 is 5.92. The van der Waals surface area contributed by atoms with Gasteiger partial charge in [-0.05, 0) is 130 Å². The quantitative estimate of drug-likeness (QED) is 0.0903. The van der Waals surface area contributed by atoms with Crippen molar-refractivity contribution in [2.45, 2.75) is 0 Å². The summed E-state index contributed by atoms with van der Waals surface area (Å²) in [6.07, 6.45) is 3.83. The van der Waals surface area contributed by atoms with E-state index in [1.165, 1.54) is 84.6 Å². The number of pyridine rings is 2. The van der Waals surface area contributed by atoms with E-state index in [0.717, 1.165) is 44.5 Å². The fourth-order valence-electron chi connectivity index (χ4n) is 13.8. The minimum atomic E-state index is -2.67. The van der Waals surface area contributed by atoms with E-state index >= 15 is 0 Å². The van der Waals surface area contributed by atoms with Crippen LogP contribution in [0.3, 0.4) is 0 Å². The first-order chi connectivity index (χ1) is 42.2. The Kier molecular flexibility index (Phi) is 12.4. The summed E-state index contributed by atoms with van der Waals surface area (Å²) in [7, 11) is -5.33. The van der Waals surface area contributed by atoms with Crippen LogP contribution in [0.4, 0.5) is 0 Å². The molecule has 0 N–H and O–H groups in total. The lowest BCUT2D eigenvalue weighted by Crippen LogP contribution is -2.74. The largest absolute Gasteiger partial charge is 0.294 e. The molecule has 0 aliphatic rings. The van der Waals surface area contributed by atoms with Crippen LogP contribution < -0.4 is 41.5 Å². The van der Waals surface area contributed by atoms with Crippen LogP contribution in [-0.2, 0) is 0 Å². The monoisotopic (exact) mass is 1130 g/mol. The highest BCUT2D eigenvalue weighted by atomic mass is 32.1. The molecule has 0 aliphatic heterocycles. The van der Waals surface area contributed by atoms with E-state index in [9.17, 15) is 0 Å². The van der Waals surface area contributed by atoms with Gasteiger partial charge in [0.25, 0.3) is 0 Å². The van der Waals surface area contributed by atoms with Crippen molar-refractivity contribution in [2.24, 2.45) is 0 Å². The Labute approximate surface area is 499 Å². The summed E-state index contributed by atoms with van der Waals surface area (Å²) in [6.45, 7) is 0. The summed E-state index contributed by atoms with van der Waals surface area (Å²) in [5, 5.41) is 18.9. The van der Waals surface area contributed by atoms with Gasteiger partial charge in [0.1, 0.15) is 11.3 Å². The van der Waals surface area contributed by atoms with Crippen molar-refractivity contribution in [3.05, 3.63) is 327 Å². The van der Waals surface area contributed by atoms with E-state index < -0.39 is 16.1 Å². The first-order valence-electron chi connectivity index (χ1n) is 29.0. The van der Waals surface area contributed by atoms with Crippen LogP contribution in [0.5, 0.6) is 0 Å². The third kappa shape index (κ3) is 8.15. The smallest absolute Gasteiger partial charge is 0.179 e. The Bertz CT molecular complexity index is 4890. The maximum absolute atomic E-state index is 5.11. The molecule has 0 spiro atoms. The van der Waals surface area contributed by atoms with Crippen LogP contribution in [0, 0.1) is 0 Å². The van der Waals surface area contributed by atoms with Crippen LogP contribution in [-0.4, -0.2) is 35.2 Å². The number of thiophene rings is 1. The molecule has 5 heterocycles. The van der Waals surface area contributed by atoms with Crippen molar-refractivity contribution < 1.29 is 0 Å². The third-order valence-corrected chi connectivity index (χ3v) is 28.2. The molecule has 85 heavy (non-hydrogen) atoms. The van der Waals surface area contributed by atoms with Crippen LogP contribution in [0.25, 0.3) is 87.6 Å². The molecule has 0 saturated carbocycles. The fraction of sp³-hybridized carbons (Fsp3) is 0. The molecule has 0 amide bonds. The van der Waals surface area contributed by atoms with Crippen LogP contribution in [0.1, 0.15) is 0 Å². The lowest BCUT2D eigenvalue weighted by atomic mass is 10.0. The molecule has 4 nitrogen and oxygen atoms in total. The molecule has 16 aromatic rings. The van der Waals surface area contributed by atoms with Gasteiger partial charge in [0.15, 0.2) is 16.1 Å². The topological polar surface area (TPSA) is 35.6 Å². The van der Waals surface area contributed by atoms with E-state index in [0.29, 0.717) is 0 Å². The Balaban J connectivity index is 0.775. The Hall–Kier alpha value is -10.3. The SMILES string of the molecule is c1ccc([Si](c2ccccc2)(c2ccccc2)c2ccc(-c3ccc4c(c3)c3cccnc3n4-c3ccc4scc(-n5c6ccc(-c7ccc([Si](c8ccccc8)(c8ccccc8)c8ccccc8)cc7)cc6c6cccnc65)c4c3)cc2)cc1. The molecule has 0 atom stereocenters. The lowest BCUT2D eigenvalue weighted by molar-refractivity contribution is 1.13. The first kappa shape index (κ1) is 50.4. The number of rotatable bonds is 12. The van der Waals surface area contributed by atoms with E-state index in [1.807, 2.05) is 12.4 Å². The standard InChI is InChI=1S/C78H54N4SSi2/c1-7-21-60(22-8-1)84(61-23-9-2-10-24-61,62-25-11-3-12-26-62)66-42-35-55(36-43-66)57-39-46-73-70(51-57)68-33-19-49-79-77(68)81(73)59-41-48-76-72(53-59)75(54-83-76)82-74-47-40-58(52-71(74)69-34-20-50-80-78(69)82)56-37-44-67(45-38-56)85(63-27-13-4-14-28-63,64-29-15-5-16-30-64)65-31-17-6-18-32-65/h1-54H. The van der Waals surface area contributed by atoms with Gasteiger partial charge in [0.2, 0.25) is 0 Å². The van der Waals surface area contributed by atoms with Gasteiger partial charge in [-0.3, -0.25) is 9.13 Å². The van der Waals surface area contributed by atoms with Crippen molar-refractivity contribution in [3.8, 4) is 33.6 Å². The second-order valence-corrected chi connectivity index (χ2v) is 30.6. The van der Waals surface area contributed by atoms with Gasteiger partial charge < -0.3 is 0 Å². The molecule has 0 fully saturated rings. The second-order valence-electron chi connectivity index (χ2n) is 22.0. The van der Waals surface area contributed by atoms with Gasteiger partial charge in [0, 0.05) is 55.1 Å². The Morgan fingerprint density at radius 2 is 0.624 bits per heavy atom. The summed E-state index contributed by atoms with van der Waals surface area (Å²) in [4.78, 5) is 10.2. The van der Waals surface area contributed by atoms with E-state index in [4.69, 9.17) is 9.97 Å². The van der Waals surface area contributed by atoms with E-state index in [-0.39, 0.29) is 0 Å². The number of nitrogens with zero attached hydrogens (tertiary/aromatic N) is 4. The molecule has 0 aliphatic carbocycles. The van der Waals surface area contributed by atoms with Crippen molar-refractivity contribution >= 4 is 123 Å². The van der Waals surface area contributed by atoms with Gasteiger partial charge in [0.05, 0.1) is 16.7 Å². The highest BCUT2D eigenvalue weighted by Gasteiger charge is 2.42. The van der Waals surface area contributed by atoms with E-state index in [1.54, 1.807) is 11.3 Å². The third-order valence-electron chi connectivity index (χ3n) is 17.6. The van der Waals surface area contributed by atoms with Crippen LogP contribution in [0.2, 0.25) is 0 Å². The molecule has 400 valence electrons. The molecule has 11 aromatic carbocycles. The number of hydrogen-bond donors (Lipinski definition) is 0. The zero-order valence-corrected chi connectivity index (χ0v) is 49.2. The highest BCUT2D eigenvalue weighted by molar-refractivity contribution is 7.20. The van der Waals surface area contributed by atoms with Crippen LogP contribution >= 0.6 is 11.3 Å². The minimum absolute atomic E-state index is 0.929. The zero-order valence-electron chi connectivity index (χ0n) is 46.4. The molecule has 0 bridgehead atoms. The zero-order chi connectivity index (χ0) is 56.3. The van der Waals surface area contributed by atoms with Crippen molar-refractivity contribution in [3.63, 3.8) is 0 Å². The molecule has 5 aromatic heterocycles.